The van der Waals surface area contributed by atoms with E-state index in [0.717, 1.165) is 31.3 Å². The number of carbonyl (C=O) groups is 1. The third kappa shape index (κ3) is 5.37. The number of piperazine rings is 1. The molecule has 1 aromatic heterocycles. The minimum absolute atomic E-state index is 0.127. The summed E-state index contributed by atoms with van der Waals surface area (Å²) in [6, 6.07) is 17.7. The number of anilines is 1. The average molecular weight is 472 g/mol. The number of thioether (sulfide) groups is 1. The number of para-hydroxylation sites is 2. The molecule has 1 aliphatic heterocycles. The van der Waals surface area contributed by atoms with Gasteiger partial charge in [-0.05, 0) is 31.2 Å². The zero-order chi connectivity index (χ0) is 22.3. The monoisotopic (exact) mass is 471 g/mol. The molecule has 3 aromatic rings. The molecule has 0 unspecified atom stereocenters. The van der Waals surface area contributed by atoms with E-state index in [0.29, 0.717) is 28.9 Å². The molecule has 0 saturated carbocycles. The van der Waals surface area contributed by atoms with Gasteiger partial charge in [0.2, 0.25) is 5.91 Å². The van der Waals surface area contributed by atoms with Gasteiger partial charge in [0.05, 0.1) is 10.8 Å². The van der Waals surface area contributed by atoms with E-state index in [9.17, 15) is 4.79 Å². The standard InChI is InChI=1S/C23H26ClN5O2S/c1-2-29-21(16-31-20-11-7-6-10-19(20)24)25-26-23(29)32-17-22(30)28-14-12-27(13-15-28)18-8-4-3-5-9-18/h3-11H,2,12-17H2,1H3. The highest BCUT2D eigenvalue weighted by Crippen LogP contribution is 2.25. The first-order valence-corrected chi connectivity index (χ1v) is 12.0. The molecule has 4 rings (SSSR count). The van der Waals surface area contributed by atoms with Crippen LogP contribution in [0.15, 0.2) is 59.8 Å². The number of ether oxygens (including phenoxy) is 1. The first kappa shape index (κ1) is 22.5. The fourth-order valence-corrected chi connectivity index (χ4v) is 4.74. The normalized spacial score (nSPS) is 13.9. The van der Waals surface area contributed by atoms with E-state index in [2.05, 4.69) is 27.2 Å². The molecule has 0 radical (unpaired) electrons. The molecule has 1 saturated heterocycles. The van der Waals surface area contributed by atoms with Crippen molar-refractivity contribution in [3.63, 3.8) is 0 Å². The number of aromatic nitrogens is 3. The Balaban J connectivity index is 1.29. The lowest BCUT2D eigenvalue weighted by molar-refractivity contribution is -0.128. The Labute approximate surface area is 197 Å². The van der Waals surface area contributed by atoms with Crippen LogP contribution in [0.5, 0.6) is 5.75 Å². The molecule has 168 valence electrons. The van der Waals surface area contributed by atoms with Crippen LogP contribution < -0.4 is 9.64 Å². The summed E-state index contributed by atoms with van der Waals surface area (Å²) in [5, 5.41) is 9.81. The number of rotatable bonds is 8. The lowest BCUT2D eigenvalue weighted by Crippen LogP contribution is -2.49. The second-order valence-corrected chi connectivity index (χ2v) is 8.70. The molecule has 0 aliphatic carbocycles. The number of halogens is 1. The van der Waals surface area contributed by atoms with Crippen molar-refractivity contribution in [2.45, 2.75) is 25.2 Å². The zero-order valence-corrected chi connectivity index (χ0v) is 19.6. The van der Waals surface area contributed by atoms with E-state index < -0.39 is 0 Å². The summed E-state index contributed by atoms with van der Waals surface area (Å²) in [5.41, 5.74) is 1.21. The summed E-state index contributed by atoms with van der Waals surface area (Å²) in [6.45, 7) is 6.12. The second-order valence-electron chi connectivity index (χ2n) is 7.35. The summed E-state index contributed by atoms with van der Waals surface area (Å²) < 4.78 is 7.78. The zero-order valence-electron chi connectivity index (χ0n) is 18.0. The van der Waals surface area contributed by atoms with Crippen molar-refractivity contribution in [3.8, 4) is 5.75 Å². The fourth-order valence-electron chi connectivity index (χ4n) is 3.62. The van der Waals surface area contributed by atoms with E-state index in [4.69, 9.17) is 16.3 Å². The quantitative estimate of drug-likeness (QED) is 0.463. The summed E-state index contributed by atoms with van der Waals surface area (Å²) >= 11 is 7.57. The molecule has 0 atom stereocenters. The van der Waals surface area contributed by atoms with Gasteiger partial charge in [0.25, 0.3) is 0 Å². The highest BCUT2D eigenvalue weighted by atomic mass is 35.5. The Morgan fingerprint density at radius 2 is 1.75 bits per heavy atom. The topological polar surface area (TPSA) is 63.5 Å². The van der Waals surface area contributed by atoms with Crippen LogP contribution in [0.4, 0.5) is 5.69 Å². The molecular formula is C23H26ClN5O2S. The van der Waals surface area contributed by atoms with Gasteiger partial charge in [0.15, 0.2) is 11.0 Å². The summed E-state index contributed by atoms with van der Waals surface area (Å²) in [5.74, 6) is 1.79. The molecule has 7 nitrogen and oxygen atoms in total. The van der Waals surface area contributed by atoms with E-state index in [-0.39, 0.29) is 12.5 Å². The van der Waals surface area contributed by atoms with E-state index in [1.54, 1.807) is 6.07 Å². The van der Waals surface area contributed by atoms with Crippen LogP contribution in [-0.4, -0.2) is 57.5 Å². The number of hydrogen-bond acceptors (Lipinski definition) is 6. The number of nitrogens with zero attached hydrogens (tertiary/aromatic N) is 5. The minimum Gasteiger partial charge on any atom is -0.484 e. The largest absolute Gasteiger partial charge is 0.484 e. The van der Waals surface area contributed by atoms with Crippen LogP contribution in [0, 0.1) is 0 Å². The average Bonchev–Trinajstić information content (AvgIpc) is 3.24. The Bertz CT molecular complexity index is 1040. The molecule has 2 aromatic carbocycles. The predicted molar refractivity (Wildman–Crippen MR) is 127 cm³/mol. The summed E-state index contributed by atoms with van der Waals surface area (Å²) in [4.78, 5) is 17.0. The number of hydrogen-bond donors (Lipinski definition) is 0. The summed E-state index contributed by atoms with van der Waals surface area (Å²) in [7, 11) is 0. The van der Waals surface area contributed by atoms with Gasteiger partial charge in [0, 0.05) is 38.4 Å². The van der Waals surface area contributed by atoms with Gasteiger partial charge >= 0.3 is 0 Å². The maximum absolute atomic E-state index is 12.8. The lowest BCUT2D eigenvalue weighted by atomic mass is 10.2. The number of benzene rings is 2. The Kier molecular flexibility index (Phi) is 7.55. The first-order chi connectivity index (χ1) is 15.7. The van der Waals surface area contributed by atoms with E-state index >= 15 is 0 Å². The first-order valence-electron chi connectivity index (χ1n) is 10.7. The van der Waals surface area contributed by atoms with Crippen molar-refractivity contribution in [2.75, 3.05) is 36.8 Å². The molecule has 9 heteroatoms. The van der Waals surface area contributed by atoms with Crippen LogP contribution in [0.2, 0.25) is 5.02 Å². The van der Waals surface area contributed by atoms with Crippen molar-refractivity contribution in [1.29, 1.82) is 0 Å². The molecule has 0 N–H and O–H groups in total. The molecular weight excluding hydrogens is 446 g/mol. The van der Waals surface area contributed by atoms with Crippen molar-refractivity contribution >= 4 is 35.0 Å². The summed E-state index contributed by atoms with van der Waals surface area (Å²) in [6.07, 6.45) is 0. The van der Waals surface area contributed by atoms with Crippen molar-refractivity contribution in [3.05, 3.63) is 65.4 Å². The second kappa shape index (κ2) is 10.7. The molecule has 0 spiro atoms. The van der Waals surface area contributed by atoms with Crippen LogP contribution in [-0.2, 0) is 17.9 Å². The van der Waals surface area contributed by atoms with Gasteiger partial charge in [-0.25, -0.2) is 0 Å². The molecule has 1 aliphatic rings. The maximum Gasteiger partial charge on any atom is 0.233 e. The third-order valence-corrected chi connectivity index (χ3v) is 6.65. The molecule has 1 amide bonds. The molecule has 1 fully saturated rings. The van der Waals surface area contributed by atoms with Gasteiger partial charge < -0.3 is 19.1 Å². The van der Waals surface area contributed by atoms with Gasteiger partial charge in [0.1, 0.15) is 12.4 Å². The van der Waals surface area contributed by atoms with E-state index in [1.165, 1.54) is 17.4 Å². The van der Waals surface area contributed by atoms with Gasteiger partial charge in [-0.15, -0.1) is 10.2 Å². The number of amides is 1. The highest BCUT2D eigenvalue weighted by Gasteiger charge is 2.22. The Morgan fingerprint density at radius 3 is 2.47 bits per heavy atom. The lowest BCUT2D eigenvalue weighted by Gasteiger charge is -2.36. The fraction of sp³-hybridized carbons (Fsp3) is 0.348. The number of carbonyl (C=O) groups excluding carboxylic acids is 1. The van der Waals surface area contributed by atoms with Gasteiger partial charge in [-0.1, -0.05) is 53.7 Å². The molecule has 0 bridgehead atoms. The van der Waals surface area contributed by atoms with Crippen molar-refractivity contribution in [1.82, 2.24) is 19.7 Å². The predicted octanol–water partition coefficient (Wildman–Crippen LogP) is 3.97. The van der Waals surface area contributed by atoms with Crippen LogP contribution in [0.25, 0.3) is 0 Å². The smallest absolute Gasteiger partial charge is 0.233 e. The molecule has 2 heterocycles. The van der Waals surface area contributed by atoms with Crippen LogP contribution in [0.3, 0.4) is 0 Å². The molecule has 32 heavy (non-hydrogen) atoms. The maximum atomic E-state index is 12.8. The SMILES string of the molecule is CCn1c(COc2ccccc2Cl)nnc1SCC(=O)N1CCN(c2ccccc2)CC1. The van der Waals surface area contributed by atoms with Crippen molar-refractivity contribution < 1.29 is 9.53 Å². The van der Waals surface area contributed by atoms with Crippen molar-refractivity contribution in [2.24, 2.45) is 0 Å². The van der Waals surface area contributed by atoms with Gasteiger partial charge in [-0.2, -0.15) is 0 Å². The highest BCUT2D eigenvalue weighted by molar-refractivity contribution is 7.99. The van der Waals surface area contributed by atoms with Crippen LogP contribution >= 0.6 is 23.4 Å². The minimum atomic E-state index is 0.127. The Hall–Kier alpha value is -2.71. The van der Waals surface area contributed by atoms with Crippen LogP contribution in [0.1, 0.15) is 12.7 Å². The third-order valence-electron chi connectivity index (χ3n) is 5.38. The Morgan fingerprint density at radius 1 is 1.03 bits per heavy atom. The van der Waals surface area contributed by atoms with Gasteiger partial charge in [-0.3, -0.25) is 4.79 Å². The van der Waals surface area contributed by atoms with E-state index in [1.807, 2.05) is 52.8 Å².